The third-order valence-corrected chi connectivity index (χ3v) is 2.04. The Balaban J connectivity index is 2.77. The van der Waals surface area contributed by atoms with Crippen molar-refractivity contribution in [2.75, 3.05) is 20.3 Å². The topological polar surface area (TPSA) is 79.5 Å². The molecule has 18 heavy (non-hydrogen) atoms. The first-order valence-electron chi connectivity index (χ1n) is 5.24. The van der Waals surface area contributed by atoms with Gasteiger partial charge in [-0.2, -0.15) is 5.26 Å². The molecule has 0 aliphatic rings. The largest absolute Gasteiger partial charge is 0.508 e. The average molecular weight is 247 g/mol. The molecule has 0 saturated heterocycles. The molecule has 0 aliphatic heterocycles. The molecule has 1 aromatic rings. The fourth-order valence-electron chi connectivity index (χ4n) is 1.21. The summed E-state index contributed by atoms with van der Waals surface area (Å²) in [6.45, 7) is 0.366. The zero-order valence-electron chi connectivity index (χ0n) is 9.92. The molecule has 0 saturated carbocycles. The second-order valence-electron chi connectivity index (χ2n) is 3.39. The van der Waals surface area contributed by atoms with Crippen LogP contribution in [0.4, 0.5) is 0 Å². The van der Waals surface area contributed by atoms with Gasteiger partial charge in [-0.15, -0.1) is 0 Å². The van der Waals surface area contributed by atoms with Gasteiger partial charge in [-0.05, 0) is 23.8 Å². The van der Waals surface area contributed by atoms with Crippen molar-refractivity contribution < 1.29 is 19.4 Å². The predicted molar refractivity (Wildman–Crippen MR) is 64.5 cm³/mol. The van der Waals surface area contributed by atoms with Gasteiger partial charge in [0.25, 0.3) is 0 Å². The maximum absolute atomic E-state index is 11.5. The van der Waals surface area contributed by atoms with E-state index in [0.717, 1.165) is 0 Å². The third kappa shape index (κ3) is 4.28. The van der Waals surface area contributed by atoms with Gasteiger partial charge >= 0.3 is 5.97 Å². The first-order valence-corrected chi connectivity index (χ1v) is 5.24. The molecular weight excluding hydrogens is 234 g/mol. The second kappa shape index (κ2) is 7.09. The van der Waals surface area contributed by atoms with Gasteiger partial charge in [0.05, 0.1) is 6.61 Å². The quantitative estimate of drug-likeness (QED) is 0.369. The Morgan fingerprint density at radius 2 is 2.28 bits per heavy atom. The normalized spacial score (nSPS) is 10.8. The Labute approximate surface area is 105 Å². The van der Waals surface area contributed by atoms with Gasteiger partial charge in [-0.3, -0.25) is 0 Å². The summed E-state index contributed by atoms with van der Waals surface area (Å²) < 4.78 is 9.55. The lowest BCUT2D eigenvalue weighted by atomic mass is 10.1. The van der Waals surface area contributed by atoms with Crippen LogP contribution in [0.5, 0.6) is 5.75 Å². The summed E-state index contributed by atoms with van der Waals surface area (Å²) in [5, 5.41) is 18.1. The van der Waals surface area contributed by atoms with Gasteiger partial charge in [0.2, 0.25) is 0 Å². The van der Waals surface area contributed by atoms with E-state index in [2.05, 4.69) is 0 Å². The lowest BCUT2D eigenvalue weighted by Gasteiger charge is -2.02. The molecule has 0 aromatic heterocycles. The maximum atomic E-state index is 11.5. The molecule has 0 amide bonds. The minimum atomic E-state index is -0.710. The monoisotopic (exact) mass is 247 g/mol. The molecule has 1 N–H and O–H groups in total. The first-order chi connectivity index (χ1) is 8.67. The standard InChI is InChI=1S/C13H13NO4/c1-17-5-6-18-13(16)11(9-14)7-10-3-2-4-12(15)8-10/h2-4,7-8,15H,5-6H2,1H3/b11-7+. The second-order valence-corrected chi connectivity index (χ2v) is 3.39. The van der Waals surface area contributed by atoms with Crippen molar-refractivity contribution in [2.45, 2.75) is 0 Å². The number of phenols is 1. The van der Waals surface area contributed by atoms with E-state index in [4.69, 9.17) is 14.7 Å². The van der Waals surface area contributed by atoms with E-state index in [1.807, 2.05) is 0 Å². The molecule has 0 radical (unpaired) electrons. The molecule has 0 fully saturated rings. The van der Waals surface area contributed by atoms with Crippen LogP contribution in [0.2, 0.25) is 0 Å². The van der Waals surface area contributed by atoms with Crippen LogP contribution in [0.1, 0.15) is 5.56 Å². The summed E-state index contributed by atoms with van der Waals surface area (Å²) in [6.07, 6.45) is 1.36. The van der Waals surface area contributed by atoms with E-state index in [1.54, 1.807) is 18.2 Å². The molecular formula is C13H13NO4. The molecule has 1 aromatic carbocycles. The van der Waals surface area contributed by atoms with Crippen LogP contribution in [-0.4, -0.2) is 31.4 Å². The number of methoxy groups -OCH3 is 1. The number of hydrogen-bond donors (Lipinski definition) is 1. The smallest absolute Gasteiger partial charge is 0.348 e. The van der Waals surface area contributed by atoms with E-state index in [-0.39, 0.29) is 24.5 Å². The summed E-state index contributed by atoms with van der Waals surface area (Å²) >= 11 is 0. The summed E-state index contributed by atoms with van der Waals surface area (Å²) in [5.41, 5.74) is 0.423. The summed E-state index contributed by atoms with van der Waals surface area (Å²) in [6, 6.07) is 7.99. The molecule has 5 heteroatoms. The van der Waals surface area contributed by atoms with Crippen LogP contribution in [-0.2, 0) is 14.3 Å². The van der Waals surface area contributed by atoms with Gasteiger partial charge in [0, 0.05) is 7.11 Å². The molecule has 94 valence electrons. The fourth-order valence-corrected chi connectivity index (χ4v) is 1.21. The van der Waals surface area contributed by atoms with Crippen LogP contribution >= 0.6 is 0 Å². The van der Waals surface area contributed by atoms with Crippen molar-refractivity contribution >= 4 is 12.0 Å². The van der Waals surface area contributed by atoms with E-state index < -0.39 is 5.97 Å². The van der Waals surface area contributed by atoms with E-state index in [9.17, 15) is 9.90 Å². The van der Waals surface area contributed by atoms with Crippen LogP contribution in [0.25, 0.3) is 6.08 Å². The molecule has 5 nitrogen and oxygen atoms in total. The van der Waals surface area contributed by atoms with Gasteiger partial charge in [-0.1, -0.05) is 12.1 Å². The lowest BCUT2D eigenvalue weighted by molar-refractivity contribution is -0.139. The number of phenolic OH excluding ortho intramolecular Hbond substituents is 1. The Morgan fingerprint density at radius 1 is 1.50 bits per heavy atom. The number of benzene rings is 1. The van der Waals surface area contributed by atoms with Gasteiger partial charge in [-0.25, -0.2) is 4.79 Å². The summed E-state index contributed by atoms with van der Waals surface area (Å²) in [7, 11) is 1.49. The Bertz CT molecular complexity index is 488. The summed E-state index contributed by atoms with van der Waals surface area (Å²) in [5.74, 6) is -0.647. The number of hydrogen-bond acceptors (Lipinski definition) is 5. The minimum absolute atomic E-state index is 0.0637. The van der Waals surface area contributed by atoms with Crippen LogP contribution in [0.15, 0.2) is 29.8 Å². The van der Waals surface area contributed by atoms with E-state index in [0.29, 0.717) is 5.56 Å². The number of rotatable bonds is 5. The third-order valence-electron chi connectivity index (χ3n) is 2.04. The minimum Gasteiger partial charge on any atom is -0.508 e. The lowest BCUT2D eigenvalue weighted by Crippen LogP contribution is -2.11. The zero-order valence-corrected chi connectivity index (χ0v) is 9.92. The number of carbonyl (C=O) groups is 1. The van der Waals surface area contributed by atoms with Gasteiger partial charge in [0.1, 0.15) is 24.0 Å². The first kappa shape index (κ1) is 13.7. The maximum Gasteiger partial charge on any atom is 0.348 e. The number of carbonyl (C=O) groups excluding carboxylic acids is 1. The highest BCUT2D eigenvalue weighted by Crippen LogP contribution is 2.14. The molecule has 0 bridgehead atoms. The van der Waals surface area contributed by atoms with Crippen molar-refractivity contribution in [1.82, 2.24) is 0 Å². The molecule has 1 rings (SSSR count). The number of nitriles is 1. The molecule has 0 unspecified atom stereocenters. The van der Waals surface area contributed by atoms with Crippen molar-refractivity contribution in [3.63, 3.8) is 0 Å². The highest BCUT2D eigenvalue weighted by Gasteiger charge is 2.10. The fraction of sp³-hybridized carbons (Fsp3) is 0.231. The van der Waals surface area contributed by atoms with Crippen LogP contribution < -0.4 is 0 Å². The Morgan fingerprint density at radius 3 is 2.89 bits per heavy atom. The molecule has 0 heterocycles. The SMILES string of the molecule is COCCOC(=O)/C(C#N)=C/c1cccc(O)c1. The number of ether oxygens (including phenoxy) is 2. The van der Waals surface area contributed by atoms with Crippen molar-refractivity contribution in [3.8, 4) is 11.8 Å². The number of nitrogens with zero attached hydrogens (tertiary/aromatic N) is 1. The van der Waals surface area contributed by atoms with Crippen LogP contribution in [0.3, 0.4) is 0 Å². The van der Waals surface area contributed by atoms with E-state index in [1.165, 1.54) is 25.3 Å². The number of esters is 1. The van der Waals surface area contributed by atoms with Crippen molar-refractivity contribution in [2.24, 2.45) is 0 Å². The van der Waals surface area contributed by atoms with Crippen molar-refractivity contribution in [3.05, 3.63) is 35.4 Å². The average Bonchev–Trinajstić information content (AvgIpc) is 2.36. The predicted octanol–water partition coefficient (Wildman–Crippen LogP) is 1.49. The van der Waals surface area contributed by atoms with Gasteiger partial charge < -0.3 is 14.6 Å². The van der Waals surface area contributed by atoms with Crippen LogP contribution in [0, 0.1) is 11.3 Å². The highest BCUT2D eigenvalue weighted by molar-refractivity contribution is 5.97. The molecule has 0 atom stereocenters. The zero-order chi connectivity index (χ0) is 13.4. The van der Waals surface area contributed by atoms with Gasteiger partial charge in [0.15, 0.2) is 0 Å². The molecule has 0 spiro atoms. The number of aromatic hydroxyl groups is 1. The molecule has 0 aliphatic carbocycles. The van der Waals surface area contributed by atoms with Crippen molar-refractivity contribution in [1.29, 1.82) is 5.26 Å². The Hall–Kier alpha value is -2.32. The Kier molecular flexibility index (Phi) is 5.42. The summed E-state index contributed by atoms with van der Waals surface area (Å²) in [4.78, 5) is 11.5. The highest BCUT2D eigenvalue weighted by atomic mass is 16.6. The van der Waals surface area contributed by atoms with E-state index >= 15 is 0 Å².